The Morgan fingerprint density at radius 1 is 1.69 bits per heavy atom. The van der Waals surface area contributed by atoms with Crippen molar-refractivity contribution in [1.82, 2.24) is 15.0 Å². The van der Waals surface area contributed by atoms with Crippen LogP contribution in [0.3, 0.4) is 0 Å². The van der Waals surface area contributed by atoms with E-state index in [1.54, 1.807) is 0 Å². The Balaban J connectivity index is 2.34. The van der Waals surface area contributed by atoms with E-state index >= 15 is 0 Å². The third-order valence-electron chi connectivity index (χ3n) is 2.54. The molecule has 4 nitrogen and oxygen atoms in total. The van der Waals surface area contributed by atoms with Crippen molar-refractivity contribution >= 4 is 17.2 Å². The molecule has 1 aliphatic rings. The molecule has 1 fully saturated rings. The van der Waals surface area contributed by atoms with E-state index < -0.39 is 0 Å². The van der Waals surface area contributed by atoms with Gasteiger partial charge in [-0.25, -0.2) is 4.68 Å². The molecule has 0 amide bonds. The molecule has 1 saturated carbocycles. The lowest BCUT2D eigenvalue weighted by atomic mass is 10.3. The molecule has 2 rings (SSSR count). The molecule has 0 saturated heterocycles. The van der Waals surface area contributed by atoms with E-state index in [1.165, 1.54) is 6.42 Å². The van der Waals surface area contributed by atoms with E-state index in [2.05, 4.69) is 17.2 Å². The molecular formula is C8H12N4S. The number of thiocarbonyl (C=S) groups is 1. The molecule has 2 unspecified atom stereocenters. The van der Waals surface area contributed by atoms with Crippen molar-refractivity contribution in [3.05, 3.63) is 11.4 Å². The van der Waals surface area contributed by atoms with Gasteiger partial charge in [-0.3, -0.25) is 0 Å². The molecule has 0 radical (unpaired) electrons. The van der Waals surface area contributed by atoms with Gasteiger partial charge in [-0.1, -0.05) is 24.4 Å². The van der Waals surface area contributed by atoms with Gasteiger partial charge in [-0.15, -0.1) is 5.10 Å². The number of rotatable bonds is 2. The zero-order valence-electron chi connectivity index (χ0n) is 7.69. The summed E-state index contributed by atoms with van der Waals surface area (Å²) < 4.78 is 1.93. The van der Waals surface area contributed by atoms with Crippen molar-refractivity contribution in [2.75, 3.05) is 0 Å². The summed E-state index contributed by atoms with van der Waals surface area (Å²) in [5.74, 6) is 0.708. The number of hydrogen-bond donors (Lipinski definition) is 1. The summed E-state index contributed by atoms with van der Waals surface area (Å²) in [6, 6.07) is 0.510. The van der Waals surface area contributed by atoms with Crippen molar-refractivity contribution in [2.45, 2.75) is 26.3 Å². The topological polar surface area (TPSA) is 56.7 Å². The van der Waals surface area contributed by atoms with Crippen LogP contribution in [0.15, 0.2) is 0 Å². The van der Waals surface area contributed by atoms with Crippen LogP contribution in [0.5, 0.6) is 0 Å². The van der Waals surface area contributed by atoms with Crippen LogP contribution in [0.2, 0.25) is 0 Å². The highest BCUT2D eigenvalue weighted by molar-refractivity contribution is 7.80. The summed E-state index contributed by atoms with van der Waals surface area (Å²) in [4.78, 5) is 0.331. The van der Waals surface area contributed by atoms with Crippen LogP contribution < -0.4 is 5.73 Å². The summed E-state index contributed by atoms with van der Waals surface area (Å²) in [6.07, 6.45) is 1.18. The number of nitrogens with zero attached hydrogens (tertiary/aromatic N) is 3. The first-order valence-corrected chi connectivity index (χ1v) is 4.73. The van der Waals surface area contributed by atoms with Gasteiger partial charge < -0.3 is 5.73 Å². The molecule has 2 atom stereocenters. The maximum Gasteiger partial charge on any atom is 0.142 e. The lowest BCUT2D eigenvalue weighted by Gasteiger charge is -2.00. The average Bonchev–Trinajstić information content (AvgIpc) is 2.61. The summed E-state index contributed by atoms with van der Waals surface area (Å²) in [5, 5.41) is 8.01. The highest BCUT2D eigenvalue weighted by atomic mass is 32.1. The smallest absolute Gasteiger partial charge is 0.142 e. The number of nitrogens with two attached hydrogens (primary N) is 1. The van der Waals surface area contributed by atoms with Gasteiger partial charge in [-0.2, -0.15) is 0 Å². The molecule has 1 aromatic rings. The first-order valence-electron chi connectivity index (χ1n) is 4.33. The molecule has 1 aliphatic carbocycles. The fraction of sp³-hybridized carbons (Fsp3) is 0.625. The Hall–Kier alpha value is -0.970. The third kappa shape index (κ3) is 1.33. The van der Waals surface area contributed by atoms with Crippen LogP contribution in [-0.4, -0.2) is 20.0 Å². The van der Waals surface area contributed by atoms with Gasteiger partial charge in [0.05, 0.1) is 11.7 Å². The van der Waals surface area contributed by atoms with Gasteiger partial charge in [0.15, 0.2) is 0 Å². The van der Waals surface area contributed by atoms with E-state index in [9.17, 15) is 0 Å². The molecule has 2 N–H and O–H groups in total. The monoisotopic (exact) mass is 196 g/mol. The van der Waals surface area contributed by atoms with Crippen molar-refractivity contribution in [3.8, 4) is 0 Å². The first-order chi connectivity index (χ1) is 6.11. The normalized spacial score (nSPS) is 26.0. The minimum atomic E-state index is 0.331. The highest BCUT2D eigenvalue weighted by Crippen LogP contribution is 2.42. The van der Waals surface area contributed by atoms with Crippen molar-refractivity contribution < 1.29 is 0 Å². The highest BCUT2D eigenvalue weighted by Gasteiger charge is 2.36. The molecule has 70 valence electrons. The Bertz CT molecular complexity index is 357. The molecule has 0 aromatic carbocycles. The fourth-order valence-electron chi connectivity index (χ4n) is 1.53. The molecule has 0 aliphatic heterocycles. The Kier molecular flexibility index (Phi) is 1.83. The van der Waals surface area contributed by atoms with E-state index in [-0.39, 0.29) is 0 Å². The molecule has 0 bridgehead atoms. The second kappa shape index (κ2) is 2.77. The lowest BCUT2D eigenvalue weighted by Crippen LogP contribution is -2.12. The van der Waals surface area contributed by atoms with Crippen molar-refractivity contribution in [1.29, 1.82) is 0 Å². The first kappa shape index (κ1) is 8.62. The zero-order valence-corrected chi connectivity index (χ0v) is 8.51. The standard InChI is InChI=1S/C8H12N4S/c1-4-3-6(4)12-5(2)7(8(9)13)10-11-12/h4,6H,3H2,1-2H3,(H2,9,13). The van der Waals surface area contributed by atoms with E-state index in [1.807, 2.05) is 11.6 Å². The summed E-state index contributed by atoms with van der Waals surface area (Å²) in [6.45, 7) is 4.16. The minimum Gasteiger partial charge on any atom is -0.388 e. The van der Waals surface area contributed by atoms with E-state index in [0.29, 0.717) is 22.6 Å². The predicted molar refractivity (Wildman–Crippen MR) is 53.5 cm³/mol. The van der Waals surface area contributed by atoms with Gasteiger partial charge in [0.25, 0.3) is 0 Å². The molecule has 5 heteroatoms. The Morgan fingerprint density at radius 2 is 2.31 bits per heavy atom. The van der Waals surface area contributed by atoms with E-state index in [0.717, 1.165) is 5.69 Å². The SMILES string of the molecule is Cc1c(C(N)=S)nnn1C1CC1C. The average molecular weight is 196 g/mol. The number of hydrogen-bond acceptors (Lipinski definition) is 3. The van der Waals surface area contributed by atoms with Gasteiger partial charge in [0.1, 0.15) is 10.7 Å². The van der Waals surface area contributed by atoms with Gasteiger partial charge in [0, 0.05) is 0 Å². The molecule has 1 heterocycles. The Morgan fingerprint density at radius 3 is 2.69 bits per heavy atom. The second-order valence-corrected chi connectivity index (χ2v) is 4.05. The van der Waals surface area contributed by atoms with Gasteiger partial charge >= 0.3 is 0 Å². The predicted octanol–water partition coefficient (Wildman–Crippen LogP) is 0.802. The molecule has 0 spiro atoms. The molecular weight excluding hydrogens is 184 g/mol. The zero-order chi connectivity index (χ0) is 9.59. The van der Waals surface area contributed by atoms with Crippen LogP contribution in [0.4, 0.5) is 0 Å². The maximum atomic E-state index is 5.50. The number of aromatic nitrogens is 3. The lowest BCUT2D eigenvalue weighted by molar-refractivity contribution is 0.566. The third-order valence-corrected chi connectivity index (χ3v) is 2.74. The van der Waals surface area contributed by atoms with Gasteiger partial charge in [-0.05, 0) is 19.3 Å². The van der Waals surface area contributed by atoms with Crippen LogP contribution in [0.1, 0.15) is 30.8 Å². The molecule has 1 aromatic heterocycles. The van der Waals surface area contributed by atoms with Crippen LogP contribution in [0.25, 0.3) is 0 Å². The van der Waals surface area contributed by atoms with Gasteiger partial charge in [0.2, 0.25) is 0 Å². The quantitative estimate of drug-likeness (QED) is 0.711. The minimum absolute atomic E-state index is 0.331. The molecule has 13 heavy (non-hydrogen) atoms. The van der Waals surface area contributed by atoms with Crippen LogP contribution in [0, 0.1) is 12.8 Å². The summed E-state index contributed by atoms with van der Waals surface area (Å²) >= 11 is 4.86. The largest absolute Gasteiger partial charge is 0.388 e. The van der Waals surface area contributed by atoms with Crippen LogP contribution >= 0.6 is 12.2 Å². The maximum absolute atomic E-state index is 5.50. The van der Waals surface area contributed by atoms with Crippen molar-refractivity contribution in [3.63, 3.8) is 0 Å². The second-order valence-electron chi connectivity index (χ2n) is 3.61. The van der Waals surface area contributed by atoms with Crippen LogP contribution in [-0.2, 0) is 0 Å². The summed E-state index contributed by atoms with van der Waals surface area (Å²) in [5.41, 5.74) is 7.15. The summed E-state index contributed by atoms with van der Waals surface area (Å²) in [7, 11) is 0. The fourth-order valence-corrected chi connectivity index (χ4v) is 1.72. The van der Waals surface area contributed by atoms with E-state index in [4.69, 9.17) is 18.0 Å². The van der Waals surface area contributed by atoms with Crippen molar-refractivity contribution in [2.24, 2.45) is 11.7 Å². The Labute approximate surface area is 82.1 Å².